The summed E-state index contributed by atoms with van der Waals surface area (Å²) >= 11 is 0. The molecule has 3 nitrogen and oxygen atoms in total. The van der Waals surface area contributed by atoms with Crippen molar-refractivity contribution in [1.82, 2.24) is 5.32 Å². The normalized spacial score (nSPS) is 16.2. The van der Waals surface area contributed by atoms with E-state index in [1.165, 1.54) is 11.1 Å². The van der Waals surface area contributed by atoms with Crippen molar-refractivity contribution in [3.63, 3.8) is 0 Å². The van der Waals surface area contributed by atoms with E-state index in [2.05, 4.69) is 17.4 Å². The van der Waals surface area contributed by atoms with Gasteiger partial charge in [0.2, 0.25) is 0 Å². The molecule has 0 saturated carbocycles. The van der Waals surface area contributed by atoms with Crippen molar-refractivity contribution in [2.24, 2.45) is 0 Å². The molecule has 3 heteroatoms. The molecule has 1 aliphatic rings. The smallest absolute Gasteiger partial charge is 0.251 e. The number of hydrogen-bond donors (Lipinski definition) is 1. The quantitative estimate of drug-likeness (QED) is 0.904. The minimum atomic E-state index is -0.0869. The zero-order valence-electron chi connectivity index (χ0n) is 11.0. The summed E-state index contributed by atoms with van der Waals surface area (Å²) in [6.45, 7) is 0. The van der Waals surface area contributed by atoms with E-state index >= 15 is 0 Å². The molecule has 0 aromatic heterocycles. The van der Waals surface area contributed by atoms with Crippen LogP contribution in [-0.2, 0) is 6.42 Å². The van der Waals surface area contributed by atoms with Crippen molar-refractivity contribution in [2.45, 2.75) is 18.9 Å². The first-order valence-corrected chi connectivity index (χ1v) is 6.67. The maximum absolute atomic E-state index is 12.2. The van der Waals surface area contributed by atoms with Crippen molar-refractivity contribution in [2.75, 3.05) is 0 Å². The number of rotatable bonds is 2. The summed E-state index contributed by atoms with van der Waals surface area (Å²) in [5.74, 6) is -0.0869. The molecule has 2 aromatic carbocycles. The van der Waals surface area contributed by atoms with Gasteiger partial charge in [0.15, 0.2) is 0 Å². The topological polar surface area (TPSA) is 52.9 Å². The molecule has 0 radical (unpaired) electrons. The maximum atomic E-state index is 12.2. The molecule has 2 aromatic rings. The average molecular weight is 262 g/mol. The van der Waals surface area contributed by atoms with Gasteiger partial charge in [-0.15, -0.1) is 0 Å². The number of nitrogens with one attached hydrogen (secondary N) is 1. The fourth-order valence-electron chi connectivity index (χ4n) is 2.64. The molecule has 1 N–H and O–H groups in total. The van der Waals surface area contributed by atoms with Gasteiger partial charge in [-0.2, -0.15) is 5.26 Å². The van der Waals surface area contributed by atoms with Gasteiger partial charge < -0.3 is 5.32 Å². The molecule has 98 valence electrons. The largest absolute Gasteiger partial charge is 0.345 e. The molecule has 0 heterocycles. The Morgan fingerprint density at radius 2 is 1.90 bits per heavy atom. The van der Waals surface area contributed by atoms with Gasteiger partial charge in [0.05, 0.1) is 17.7 Å². The number of benzene rings is 2. The van der Waals surface area contributed by atoms with Gasteiger partial charge in [0.1, 0.15) is 0 Å². The Morgan fingerprint density at radius 1 is 1.15 bits per heavy atom. The lowest BCUT2D eigenvalue weighted by Gasteiger charge is -2.14. The highest BCUT2D eigenvalue weighted by Gasteiger charge is 2.23. The minimum absolute atomic E-state index is 0.0869. The van der Waals surface area contributed by atoms with Gasteiger partial charge in [-0.25, -0.2) is 0 Å². The fourth-order valence-corrected chi connectivity index (χ4v) is 2.64. The molecule has 1 aliphatic carbocycles. The monoisotopic (exact) mass is 262 g/mol. The van der Waals surface area contributed by atoms with Gasteiger partial charge >= 0.3 is 0 Å². The first kappa shape index (κ1) is 12.4. The van der Waals surface area contributed by atoms with Crippen LogP contribution in [0.2, 0.25) is 0 Å². The lowest BCUT2D eigenvalue weighted by atomic mass is 10.1. The van der Waals surface area contributed by atoms with Crippen molar-refractivity contribution in [3.8, 4) is 6.07 Å². The summed E-state index contributed by atoms with van der Waals surface area (Å²) in [6, 6.07) is 17.1. The molecule has 1 unspecified atom stereocenters. The van der Waals surface area contributed by atoms with E-state index in [9.17, 15) is 4.79 Å². The predicted octanol–water partition coefficient (Wildman–Crippen LogP) is 2.98. The van der Waals surface area contributed by atoms with E-state index in [4.69, 9.17) is 5.26 Å². The lowest BCUT2D eigenvalue weighted by molar-refractivity contribution is 0.0936. The number of aryl methyl sites for hydroxylation is 1. The molecule has 1 atom stereocenters. The SMILES string of the molecule is N#Cc1ccc(C(=O)NC2CCc3ccccc32)cc1. The highest BCUT2D eigenvalue weighted by molar-refractivity contribution is 5.94. The Labute approximate surface area is 117 Å². The minimum Gasteiger partial charge on any atom is -0.345 e. The fraction of sp³-hybridized carbons (Fsp3) is 0.176. The van der Waals surface area contributed by atoms with Gasteiger partial charge in [-0.3, -0.25) is 4.79 Å². The van der Waals surface area contributed by atoms with Crippen molar-refractivity contribution >= 4 is 5.91 Å². The van der Waals surface area contributed by atoms with Crippen molar-refractivity contribution in [1.29, 1.82) is 5.26 Å². The number of nitriles is 1. The van der Waals surface area contributed by atoms with Crippen LogP contribution in [0.1, 0.15) is 39.5 Å². The third kappa shape index (κ3) is 2.28. The number of nitrogens with zero attached hydrogens (tertiary/aromatic N) is 1. The van der Waals surface area contributed by atoms with E-state index in [0.29, 0.717) is 11.1 Å². The highest BCUT2D eigenvalue weighted by atomic mass is 16.1. The van der Waals surface area contributed by atoms with Gasteiger partial charge in [-0.1, -0.05) is 24.3 Å². The molecule has 0 fully saturated rings. The number of fused-ring (bicyclic) bond motifs is 1. The maximum Gasteiger partial charge on any atom is 0.251 e. The zero-order chi connectivity index (χ0) is 13.9. The summed E-state index contributed by atoms with van der Waals surface area (Å²) in [5.41, 5.74) is 3.69. The molecular formula is C17H14N2O. The van der Waals surface area contributed by atoms with Crippen LogP contribution in [0.4, 0.5) is 0 Å². The molecular weight excluding hydrogens is 248 g/mol. The van der Waals surface area contributed by atoms with Crippen LogP contribution >= 0.6 is 0 Å². The van der Waals surface area contributed by atoms with E-state index in [-0.39, 0.29) is 11.9 Å². The zero-order valence-corrected chi connectivity index (χ0v) is 11.0. The van der Waals surface area contributed by atoms with Crippen molar-refractivity contribution < 1.29 is 4.79 Å². The van der Waals surface area contributed by atoms with Gasteiger partial charge in [0, 0.05) is 5.56 Å². The number of hydrogen-bond acceptors (Lipinski definition) is 2. The van der Waals surface area contributed by atoms with Gasteiger partial charge in [0.25, 0.3) is 5.91 Å². The summed E-state index contributed by atoms with van der Waals surface area (Å²) in [4.78, 5) is 12.2. The average Bonchev–Trinajstić information content (AvgIpc) is 2.91. The van der Waals surface area contributed by atoms with E-state index in [0.717, 1.165) is 12.8 Å². The molecule has 3 rings (SSSR count). The van der Waals surface area contributed by atoms with Crippen LogP contribution in [0.15, 0.2) is 48.5 Å². The van der Waals surface area contributed by atoms with Gasteiger partial charge in [-0.05, 0) is 48.2 Å². The van der Waals surface area contributed by atoms with Crippen molar-refractivity contribution in [3.05, 3.63) is 70.8 Å². The summed E-state index contributed by atoms with van der Waals surface area (Å²) in [6.07, 6.45) is 1.95. The molecule has 0 bridgehead atoms. The van der Waals surface area contributed by atoms with Crippen LogP contribution in [-0.4, -0.2) is 5.91 Å². The number of carbonyl (C=O) groups is 1. The Kier molecular flexibility index (Phi) is 3.22. The molecule has 0 spiro atoms. The third-order valence-electron chi connectivity index (χ3n) is 3.71. The Bertz CT molecular complexity index is 683. The van der Waals surface area contributed by atoms with Crippen LogP contribution in [0.5, 0.6) is 0 Å². The summed E-state index contributed by atoms with van der Waals surface area (Å²) < 4.78 is 0. The third-order valence-corrected chi connectivity index (χ3v) is 3.71. The van der Waals surface area contributed by atoms with Crippen LogP contribution in [0, 0.1) is 11.3 Å². The lowest BCUT2D eigenvalue weighted by Crippen LogP contribution is -2.27. The Hall–Kier alpha value is -2.60. The van der Waals surface area contributed by atoms with Crippen LogP contribution < -0.4 is 5.32 Å². The Morgan fingerprint density at radius 3 is 2.65 bits per heavy atom. The second-order valence-electron chi connectivity index (χ2n) is 4.95. The number of carbonyl (C=O) groups excluding carboxylic acids is 1. The summed E-state index contributed by atoms with van der Waals surface area (Å²) in [5, 5.41) is 11.8. The van der Waals surface area contributed by atoms with E-state index < -0.39 is 0 Å². The highest BCUT2D eigenvalue weighted by Crippen LogP contribution is 2.30. The molecule has 20 heavy (non-hydrogen) atoms. The summed E-state index contributed by atoms with van der Waals surface area (Å²) in [7, 11) is 0. The first-order valence-electron chi connectivity index (χ1n) is 6.67. The predicted molar refractivity (Wildman–Crippen MR) is 76.1 cm³/mol. The standard InChI is InChI=1S/C17H14N2O/c18-11-12-5-7-14(8-6-12)17(20)19-16-10-9-13-3-1-2-4-15(13)16/h1-8,16H,9-10H2,(H,19,20). The van der Waals surface area contributed by atoms with E-state index in [1.807, 2.05) is 18.2 Å². The molecule has 0 saturated heterocycles. The molecule has 0 aliphatic heterocycles. The second kappa shape index (κ2) is 5.18. The number of amides is 1. The first-order chi connectivity index (χ1) is 9.78. The Balaban J connectivity index is 1.75. The van der Waals surface area contributed by atoms with E-state index in [1.54, 1.807) is 24.3 Å². The molecule has 1 amide bonds. The van der Waals surface area contributed by atoms with Crippen LogP contribution in [0.25, 0.3) is 0 Å². The second-order valence-corrected chi connectivity index (χ2v) is 4.95. The van der Waals surface area contributed by atoms with Crippen LogP contribution in [0.3, 0.4) is 0 Å².